The van der Waals surface area contributed by atoms with Crippen molar-refractivity contribution in [2.24, 2.45) is 17.8 Å². The fourth-order valence-corrected chi connectivity index (χ4v) is 6.39. The topological polar surface area (TPSA) is 52.6 Å². The van der Waals surface area contributed by atoms with Gasteiger partial charge in [0.25, 0.3) is 0 Å². The molecule has 1 saturated carbocycles. The molecular formula is C24H28O4. The van der Waals surface area contributed by atoms with Crippen LogP contribution >= 0.6 is 0 Å². The number of carbonyl (C=O) groups excluding carboxylic acids is 2. The summed E-state index contributed by atoms with van der Waals surface area (Å²) in [6.07, 6.45) is 13.8. The van der Waals surface area contributed by atoms with Crippen LogP contribution in [0.4, 0.5) is 0 Å². The van der Waals surface area contributed by atoms with Gasteiger partial charge < -0.3 is 9.47 Å². The monoisotopic (exact) mass is 380 g/mol. The van der Waals surface area contributed by atoms with Crippen molar-refractivity contribution in [1.82, 2.24) is 0 Å². The maximum absolute atomic E-state index is 12.9. The smallest absolute Gasteiger partial charge is 0.340 e. The van der Waals surface area contributed by atoms with Gasteiger partial charge in [0.15, 0.2) is 0 Å². The first-order valence-corrected chi connectivity index (χ1v) is 10.9. The Bertz CT molecular complexity index is 871. The van der Waals surface area contributed by atoms with Crippen molar-refractivity contribution in [2.45, 2.75) is 70.8 Å². The average molecular weight is 380 g/mol. The van der Waals surface area contributed by atoms with E-state index in [1.807, 2.05) is 6.08 Å². The third-order valence-electron chi connectivity index (χ3n) is 7.38. The molecule has 1 spiro atoms. The number of unbranched alkanes of at least 4 members (excludes halogenated alkanes) is 1. The third-order valence-corrected chi connectivity index (χ3v) is 7.38. The predicted octanol–water partition coefficient (Wildman–Crippen LogP) is 4.92. The molecule has 0 saturated heterocycles. The molecular weight excluding hydrogens is 352 g/mol. The summed E-state index contributed by atoms with van der Waals surface area (Å²) in [5.41, 5.74) is 3.16. The number of carbonyl (C=O) groups is 2. The minimum absolute atomic E-state index is 0.0317. The van der Waals surface area contributed by atoms with Crippen molar-refractivity contribution in [2.75, 3.05) is 0 Å². The molecule has 2 heterocycles. The summed E-state index contributed by atoms with van der Waals surface area (Å²) in [6.45, 7) is 4.32. The van der Waals surface area contributed by atoms with Crippen LogP contribution in [0.15, 0.2) is 46.3 Å². The minimum atomic E-state index is -0.613. The van der Waals surface area contributed by atoms with Gasteiger partial charge in [-0.2, -0.15) is 0 Å². The first-order valence-electron chi connectivity index (χ1n) is 10.9. The van der Waals surface area contributed by atoms with Gasteiger partial charge >= 0.3 is 11.9 Å². The molecule has 1 fully saturated rings. The second-order valence-corrected chi connectivity index (χ2v) is 8.73. The lowest BCUT2D eigenvalue weighted by molar-refractivity contribution is -0.197. The van der Waals surface area contributed by atoms with Crippen molar-refractivity contribution in [3.05, 3.63) is 46.3 Å². The van der Waals surface area contributed by atoms with E-state index in [-0.39, 0.29) is 17.9 Å². The Morgan fingerprint density at radius 3 is 2.82 bits per heavy atom. The minimum Gasteiger partial charge on any atom is -0.450 e. The fraction of sp³-hybridized carbons (Fsp3) is 0.583. The number of esters is 2. The van der Waals surface area contributed by atoms with E-state index < -0.39 is 5.60 Å². The zero-order chi connectivity index (χ0) is 19.5. The Labute approximate surface area is 166 Å². The molecule has 0 amide bonds. The van der Waals surface area contributed by atoms with E-state index in [1.165, 1.54) is 0 Å². The number of hydrogen-bond acceptors (Lipinski definition) is 4. The highest BCUT2D eigenvalue weighted by atomic mass is 16.6. The zero-order valence-electron chi connectivity index (χ0n) is 16.8. The van der Waals surface area contributed by atoms with E-state index >= 15 is 0 Å². The lowest BCUT2D eigenvalue weighted by Gasteiger charge is -2.61. The Morgan fingerprint density at radius 2 is 2.04 bits per heavy atom. The molecule has 2 aliphatic heterocycles. The fourth-order valence-electron chi connectivity index (χ4n) is 6.39. The molecule has 3 aliphatic carbocycles. The average Bonchev–Trinajstić information content (AvgIpc) is 3.19. The second-order valence-electron chi connectivity index (χ2n) is 8.73. The molecule has 5 rings (SSSR count). The largest absolute Gasteiger partial charge is 0.450 e. The van der Waals surface area contributed by atoms with Crippen LogP contribution in [-0.4, -0.2) is 17.5 Å². The van der Waals surface area contributed by atoms with Crippen LogP contribution in [0.25, 0.3) is 0 Å². The van der Waals surface area contributed by atoms with Gasteiger partial charge in [0.05, 0.1) is 11.1 Å². The van der Waals surface area contributed by atoms with Gasteiger partial charge in [-0.25, -0.2) is 9.59 Å². The Hall–Kier alpha value is -2.10. The number of ether oxygens (including phenoxy) is 2. The van der Waals surface area contributed by atoms with Crippen LogP contribution in [0.3, 0.4) is 0 Å². The SMILES string of the molecule is CCC/C=C1\OC(=O)C2=C1CC[C@H]1C2[C@@]2(OC(=O)C3=C2CCC=C3)[C@H]1CCC. The van der Waals surface area contributed by atoms with Crippen LogP contribution in [0.2, 0.25) is 0 Å². The Morgan fingerprint density at radius 1 is 1.18 bits per heavy atom. The molecule has 4 atom stereocenters. The second kappa shape index (κ2) is 6.47. The van der Waals surface area contributed by atoms with E-state index in [4.69, 9.17) is 9.47 Å². The normalized spacial score (nSPS) is 37.1. The molecule has 4 heteroatoms. The predicted molar refractivity (Wildman–Crippen MR) is 105 cm³/mol. The van der Waals surface area contributed by atoms with Crippen LogP contribution < -0.4 is 0 Å². The lowest BCUT2D eigenvalue weighted by atomic mass is 9.44. The Balaban J connectivity index is 1.63. The van der Waals surface area contributed by atoms with Crippen molar-refractivity contribution in [3.8, 4) is 0 Å². The van der Waals surface area contributed by atoms with Gasteiger partial charge in [0.2, 0.25) is 0 Å². The zero-order valence-corrected chi connectivity index (χ0v) is 16.8. The molecule has 148 valence electrons. The van der Waals surface area contributed by atoms with Crippen LogP contribution in [0, 0.1) is 17.8 Å². The first kappa shape index (κ1) is 18.0. The van der Waals surface area contributed by atoms with Gasteiger partial charge in [-0.1, -0.05) is 38.8 Å². The van der Waals surface area contributed by atoms with Gasteiger partial charge in [0.1, 0.15) is 11.4 Å². The van der Waals surface area contributed by atoms with E-state index in [0.29, 0.717) is 11.8 Å². The number of allylic oxidation sites excluding steroid dienone is 3. The van der Waals surface area contributed by atoms with E-state index in [1.54, 1.807) is 0 Å². The van der Waals surface area contributed by atoms with Crippen molar-refractivity contribution in [1.29, 1.82) is 0 Å². The lowest BCUT2D eigenvalue weighted by Crippen LogP contribution is -2.65. The third kappa shape index (κ3) is 2.18. The molecule has 4 nitrogen and oxygen atoms in total. The number of rotatable bonds is 4. The number of hydrogen-bond donors (Lipinski definition) is 0. The highest BCUT2D eigenvalue weighted by molar-refractivity contribution is 5.99. The quantitative estimate of drug-likeness (QED) is 0.650. The van der Waals surface area contributed by atoms with Gasteiger partial charge in [0, 0.05) is 17.4 Å². The molecule has 0 aromatic carbocycles. The molecule has 0 radical (unpaired) electrons. The highest BCUT2D eigenvalue weighted by Crippen LogP contribution is 2.68. The maximum atomic E-state index is 12.9. The summed E-state index contributed by atoms with van der Waals surface area (Å²) in [5.74, 6) is 1.04. The molecule has 28 heavy (non-hydrogen) atoms. The summed E-state index contributed by atoms with van der Waals surface area (Å²) >= 11 is 0. The molecule has 0 aromatic rings. The maximum Gasteiger partial charge on any atom is 0.340 e. The molecule has 0 bridgehead atoms. The summed E-state index contributed by atoms with van der Waals surface area (Å²) in [4.78, 5) is 25.7. The van der Waals surface area contributed by atoms with Crippen LogP contribution in [0.1, 0.15) is 65.2 Å². The molecule has 0 aromatic heterocycles. The van der Waals surface area contributed by atoms with Crippen LogP contribution in [0.5, 0.6) is 0 Å². The van der Waals surface area contributed by atoms with E-state index in [0.717, 1.165) is 79.4 Å². The van der Waals surface area contributed by atoms with Crippen molar-refractivity contribution < 1.29 is 19.1 Å². The summed E-state index contributed by atoms with van der Waals surface area (Å²) in [5, 5.41) is 0. The highest BCUT2D eigenvalue weighted by Gasteiger charge is 2.71. The number of fused-ring (bicyclic) bond motifs is 4. The summed E-state index contributed by atoms with van der Waals surface area (Å²) in [7, 11) is 0. The Kier molecular flexibility index (Phi) is 4.15. The van der Waals surface area contributed by atoms with Crippen LogP contribution in [-0.2, 0) is 19.1 Å². The van der Waals surface area contributed by atoms with Gasteiger partial charge in [-0.15, -0.1) is 0 Å². The number of cyclic esters (lactones) is 1. The summed E-state index contributed by atoms with van der Waals surface area (Å²) < 4.78 is 11.9. The van der Waals surface area contributed by atoms with E-state index in [9.17, 15) is 9.59 Å². The standard InChI is InChI=1S/C24H28O4/c1-3-5-11-19-16-13-12-14-17(8-4-2)24(21(14)20(16)23(26)27-19)18-10-7-6-9-15(18)22(25)28-24/h6,9,11,14,17,21H,3-5,7-8,10,12-13H2,1-2H3/b19-11-/t14-,17+,21?,24-/m1/s1. The summed E-state index contributed by atoms with van der Waals surface area (Å²) in [6, 6.07) is 0. The first-order chi connectivity index (χ1) is 13.6. The van der Waals surface area contributed by atoms with Crippen molar-refractivity contribution >= 4 is 11.9 Å². The van der Waals surface area contributed by atoms with E-state index in [2.05, 4.69) is 26.0 Å². The molecule has 1 unspecified atom stereocenters. The van der Waals surface area contributed by atoms with Gasteiger partial charge in [-0.3, -0.25) is 0 Å². The molecule has 5 aliphatic rings. The molecule has 0 N–H and O–H groups in total. The van der Waals surface area contributed by atoms with Crippen molar-refractivity contribution in [3.63, 3.8) is 0 Å². The van der Waals surface area contributed by atoms with Gasteiger partial charge in [-0.05, 0) is 56.1 Å².